The fourth-order valence-corrected chi connectivity index (χ4v) is 2.62. The quantitative estimate of drug-likeness (QED) is 0.578. The van der Waals surface area contributed by atoms with E-state index in [4.69, 9.17) is 14.2 Å². The average Bonchev–Trinajstić information content (AvgIpc) is 3.29. The van der Waals surface area contributed by atoms with E-state index in [0.717, 1.165) is 0 Å². The summed E-state index contributed by atoms with van der Waals surface area (Å²) in [7, 11) is 0. The number of carbonyl (C=O) groups is 2. The lowest BCUT2D eigenvalue weighted by molar-refractivity contribution is -0.205. The number of amides is 2. The monoisotopic (exact) mass is 275 g/mol. The lowest BCUT2D eigenvalue weighted by Crippen LogP contribution is -2.50. The second kappa shape index (κ2) is 4.37. The second-order valence-corrected chi connectivity index (χ2v) is 5.09. The van der Waals surface area contributed by atoms with Crippen LogP contribution in [0.2, 0.25) is 0 Å². The van der Waals surface area contributed by atoms with Crippen LogP contribution >= 0.6 is 0 Å². The molecule has 20 heavy (non-hydrogen) atoms. The van der Waals surface area contributed by atoms with Gasteiger partial charge in [-0.25, -0.2) is 0 Å². The predicted octanol–water partition coefficient (Wildman–Crippen LogP) is 0.423. The van der Waals surface area contributed by atoms with Crippen molar-refractivity contribution in [3.8, 4) is 0 Å². The Bertz CT molecular complexity index is 540. The Morgan fingerprint density at radius 2 is 1.45 bits per heavy atom. The molecule has 6 heteroatoms. The van der Waals surface area contributed by atoms with E-state index in [1.165, 1.54) is 4.90 Å². The molecule has 2 saturated heterocycles. The largest absolute Gasteiger partial charge is 0.368 e. The molecule has 3 heterocycles. The minimum Gasteiger partial charge on any atom is -0.368 e. The molecule has 4 rings (SSSR count). The predicted molar refractivity (Wildman–Crippen MR) is 66.2 cm³/mol. The molecular weight excluding hydrogens is 262 g/mol. The molecule has 3 aliphatic rings. The van der Waals surface area contributed by atoms with Crippen molar-refractivity contribution in [2.45, 2.75) is 18.4 Å². The van der Waals surface area contributed by atoms with Gasteiger partial charge in [-0.1, -0.05) is 12.1 Å². The number of benzene rings is 1. The van der Waals surface area contributed by atoms with Crippen LogP contribution in [0.1, 0.15) is 20.7 Å². The molecule has 0 bridgehead atoms. The van der Waals surface area contributed by atoms with Gasteiger partial charge in [0.1, 0.15) is 6.10 Å². The lowest BCUT2D eigenvalue weighted by Gasteiger charge is -2.33. The summed E-state index contributed by atoms with van der Waals surface area (Å²) < 4.78 is 16.2. The highest BCUT2D eigenvalue weighted by molar-refractivity contribution is 6.21. The number of hydrogen-bond acceptors (Lipinski definition) is 5. The summed E-state index contributed by atoms with van der Waals surface area (Å²) in [6, 6.07) is 6.46. The summed E-state index contributed by atoms with van der Waals surface area (Å²) in [5, 5.41) is 0. The van der Waals surface area contributed by atoms with Gasteiger partial charge in [-0.15, -0.1) is 0 Å². The van der Waals surface area contributed by atoms with Gasteiger partial charge in [-0.2, -0.15) is 0 Å². The molecule has 2 fully saturated rings. The number of hydrogen-bond donors (Lipinski definition) is 0. The van der Waals surface area contributed by atoms with E-state index in [1.54, 1.807) is 24.3 Å². The molecule has 6 nitrogen and oxygen atoms in total. The topological polar surface area (TPSA) is 68.4 Å². The Morgan fingerprint density at radius 1 is 0.900 bits per heavy atom. The Hall–Kier alpha value is -1.76. The number of fused-ring (bicyclic) bond motifs is 1. The van der Waals surface area contributed by atoms with E-state index in [-0.39, 0.29) is 43.5 Å². The number of carbonyl (C=O) groups excluding carboxylic acids is 2. The zero-order valence-corrected chi connectivity index (χ0v) is 10.7. The van der Waals surface area contributed by atoms with Gasteiger partial charge in [0, 0.05) is 0 Å². The molecule has 1 atom stereocenters. The van der Waals surface area contributed by atoms with Crippen LogP contribution in [0.4, 0.5) is 0 Å². The summed E-state index contributed by atoms with van der Waals surface area (Å²) in [6.45, 7) is 1.22. The zero-order chi connectivity index (χ0) is 13.7. The smallest absolute Gasteiger partial charge is 0.261 e. The van der Waals surface area contributed by atoms with Crippen molar-refractivity contribution < 1.29 is 23.8 Å². The Kier molecular flexibility index (Phi) is 2.63. The standard InChI is InChI=1S/C14H13NO5/c16-12-9-3-1-2-4-10(9)13(17)15(12)8-5-19-14(20-6-8)11-7-18-11/h1-4,8,11,14H,5-7H2. The number of rotatable bonds is 2. The van der Waals surface area contributed by atoms with Crippen molar-refractivity contribution in [3.63, 3.8) is 0 Å². The van der Waals surface area contributed by atoms with Crippen molar-refractivity contribution in [1.29, 1.82) is 0 Å². The van der Waals surface area contributed by atoms with E-state index >= 15 is 0 Å². The molecule has 1 aromatic carbocycles. The van der Waals surface area contributed by atoms with E-state index < -0.39 is 0 Å². The van der Waals surface area contributed by atoms with Crippen LogP contribution in [-0.4, -0.2) is 55.0 Å². The molecule has 0 spiro atoms. The highest BCUT2D eigenvalue weighted by Crippen LogP contribution is 2.28. The van der Waals surface area contributed by atoms with Crippen molar-refractivity contribution in [3.05, 3.63) is 35.4 Å². The van der Waals surface area contributed by atoms with Gasteiger partial charge in [-0.3, -0.25) is 14.5 Å². The molecule has 1 aromatic rings. The maximum absolute atomic E-state index is 12.3. The number of epoxide rings is 1. The Morgan fingerprint density at radius 3 is 1.95 bits per heavy atom. The fourth-order valence-electron chi connectivity index (χ4n) is 2.62. The maximum Gasteiger partial charge on any atom is 0.261 e. The SMILES string of the molecule is O=C1c2ccccc2C(=O)N1C1COC(C2CO2)OC1. The number of ether oxygens (including phenoxy) is 3. The first-order chi connectivity index (χ1) is 9.75. The summed E-state index contributed by atoms with van der Waals surface area (Å²) in [5.74, 6) is -0.548. The third-order valence-electron chi connectivity index (χ3n) is 3.76. The fraction of sp³-hybridized carbons (Fsp3) is 0.429. The second-order valence-electron chi connectivity index (χ2n) is 5.09. The van der Waals surface area contributed by atoms with Crippen LogP contribution in [0.3, 0.4) is 0 Å². The molecular formula is C14H13NO5. The molecule has 0 saturated carbocycles. The first-order valence-corrected chi connectivity index (χ1v) is 6.57. The van der Waals surface area contributed by atoms with Crippen LogP contribution in [0.5, 0.6) is 0 Å². The summed E-state index contributed by atoms with van der Waals surface area (Å²) >= 11 is 0. The van der Waals surface area contributed by atoms with Crippen molar-refractivity contribution >= 4 is 11.8 Å². The highest BCUT2D eigenvalue weighted by atomic mass is 16.7. The summed E-state index contributed by atoms with van der Waals surface area (Å²) in [4.78, 5) is 25.9. The molecule has 0 radical (unpaired) electrons. The van der Waals surface area contributed by atoms with Gasteiger partial charge in [0.05, 0.1) is 37.0 Å². The van der Waals surface area contributed by atoms with E-state index in [9.17, 15) is 9.59 Å². The molecule has 104 valence electrons. The minimum atomic E-state index is -0.377. The Labute approximate surface area is 115 Å². The molecule has 0 aromatic heterocycles. The Balaban J connectivity index is 1.53. The first-order valence-electron chi connectivity index (χ1n) is 6.57. The van der Waals surface area contributed by atoms with Gasteiger partial charge in [0.25, 0.3) is 11.8 Å². The number of imide groups is 1. The van der Waals surface area contributed by atoms with Gasteiger partial charge >= 0.3 is 0 Å². The van der Waals surface area contributed by atoms with Crippen LogP contribution in [0.15, 0.2) is 24.3 Å². The van der Waals surface area contributed by atoms with Crippen LogP contribution < -0.4 is 0 Å². The summed E-state index contributed by atoms with van der Waals surface area (Å²) in [5.41, 5.74) is 0.898. The van der Waals surface area contributed by atoms with Crippen molar-refractivity contribution in [2.24, 2.45) is 0 Å². The third-order valence-corrected chi connectivity index (χ3v) is 3.76. The van der Waals surface area contributed by atoms with E-state index in [2.05, 4.69) is 0 Å². The lowest BCUT2D eigenvalue weighted by atomic mass is 10.1. The van der Waals surface area contributed by atoms with Crippen molar-refractivity contribution in [2.75, 3.05) is 19.8 Å². The highest BCUT2D eigenvalue weighted by Gasteiger charge is 2.44. The minimum absolute atomic E-state index is 0.00173. The van der Waals surface area contributed by atoms with Gasteiger partial charge < -0.3 is 14.2 Å². The summed E-state index contributed by atoms with van der Waals surface area (Å²) in [6.07, 6.45) is -0.375. The average molecular weight is 275 g/mol. The van der Waals surface area contributed by atoms with E-state index in [1.807, 2.05) is 0 Å². The number of nitrogens with zero attached hydrogens (tertiary/aromatic N) is 1. The van der Waals surface area contributed by atoms with Crippen LogP contribution in [-0.2, 0) is 14.2 Å². The first kappa shape index (κ1) is 12.0. The van der Waals surface area contributed by atoms with Gasteiger partial charge in [0.15, 0.2) is 6.29 Å². The normalized spacial score (nSPS) is 32.4. The molecule has 0 N–H and O–H groups in total. The molecule has 1 unspecified atom stereocenters. The third kappa shape index (κ3) is 1.76. The van der Waals surface area contributed by atoms with Crippen LogP contribution in [0, 0.1) is 0 Å². The molecule has 3 aliphatic heterocycles. The van der Waals surface area contributed by atoms with Crippen LogP contribution in [0.25, 0.3) is 0 Å². The zero-order valence-electron chi connectivity index (χ0n) is 10.7. The van der Waals surface area contributed by atoms with E-state index in [0.29, 0.717) is 17.7 Å². The maximum atomic E-state index is 12.3. The molecule has 2 amide bonds. The van der Waals surface area contributed by atoms with Gasteiger partial charge in [-0.05, 0) is 12.1 Å². The van der Waals surface area contributed by atoms with Gasteiger partial charge in [0.2, 0.25) is 0 Å². The van der Waals surface area contributed by atoms with Crippen molar-refractivity contribution in [1.82, 2.24) is 4.90 Å². The molecule has 0 aliphatic carbocycles.